The molecule has 1 saturated heterocycles. The SMILES string of the molecule is Cc1ccsc1CCC(=O)N1CCC(S(=O)(=O)Cc2ccco2)CC1. The minimum atomic E-state index is -3.24. The molecule has 0 radical (unpaired) electrons. The predicted octanol–water partition coefficient (Wildman–Crippen LogP) is 3.19. The van der Waals surface area contributed by atoms with Crippen LogP contribution in [0.25, 0.3) is 0 Å². The van der Waals surface area contributed by atoms with Gasteiger partial charge in [0.2, 0.25) is 5.91 Å². The predicted molar refractivity (Wildman–Crippen MR) is 98.3 cm³/mol. The lowest BCUT2D eigenvalue weighted by atomic mass is 10.1. The van der Waals surface area contributed by atoms with Crippen molar-refractivity contribution in [3.05, 3.63) is 46.0 Å². The highest BCUT2D eigenvalue weighted by molar-refractivity contribution is 7.91. The quantitative estimate of drug-likeness (QED) is 0.771. The van der Waals surface area contributed by atoms with Gasteiger partial charge in [-0.1, -0.05) is 0 Å². The van der Waals surface area contributed by atoms with Crippen LogP contribution in [0, 0.1) is 6.92 Å². The number of amides is 1. The largest absolute Gasteiger partial charge is 0.468 e. The normalized spacial score (nSPS) is 16.3. The summed E-state index contributed by atoms with van der Waals surface area (Å²) in [6, 6.07) is 5.45. The van der Waals surface area contributed by atoms with Gasteiger partial charge in [-0.25, -0.2) is 8.42 Å². The molecular weight excluding hydrogens is 358 g/mol. The second-order valence-corrected chi connectivity index (χ2v) is 9.78. The van der Waals surface area contributed by atoms with Crippen molar-refractivity contribution < 1.29 is 17.6 Å². The van der Waals surface area contributed by atoms with Crippen molar-refractivity contribution in [2.75, 3.05) is 13.1 Å². The fraction of sp³-hybridized carbons (Fsp3) is 0.500. The van der Waals surface area contributed by atoms with Crippen LogP contribution in [-0.2, 0) is 26.8 Å². The molecule has 0 spiro atoms. The van der Waals surface area contributed by atoms with E-state index in [0.29, 0.717) is 38.1 Å². The number of furan rings is 1. The lowest BCUT2D eigenvalue weighted by Gasteiger charge is -2.31. The molecule has 0 bridgehead atoms. The summed E-state index contributed by atoms with van der Waals surface area (Å²) in [6.07, 6.45) is 3.76. The Balaban J connectivity index is 1.49. The zero-order valence-corrected chi connectivity index (χ0v) is 15.9. The van der Waals surface area contributed by atoms with Gasteiger partial charge in [0.1, 0.15) is 11.5 Å². The molecule has 2 aromatic rings. The molecule has 0 saturated carbocycles. The van der Waals surface area contributed by atoms with Crippen molar-refractivity contribution in [3.63, 3.8) is 0 Å². The summed E-state index contributed by atoms with van der Waals surface area (Å²) in [7, 11) is -3.24. The molecule has 1 aliphatic heterocycles. The molecule has 0 aromatic carbocycles. The van der Waals surface area contributed by atoms with Crippen LogP contribution in [0.1, 0.15) is 35.5 Å². The maximum atomic E-state index is 12.5. The Labute approximate surface area is 152 Å². The van der Waals surface area contributed by atoms with Gasteiger partial charge in [-0.15, -0.1) is 11.3 Å². The monoisotopic (exact) mass is 381 g/mol. The Kier molecular flexibility index (Phi) is 5.64. The van der Waals surface area contributed by atoms with Crippen LogP contribution in [0.15, 0.2) is 34.3 Å². The van der Waals surface area contributed by atoms with E-state index < -0.39 is 9.84 Å². The molecule has 1 fully saturated rings. The number of carbonyl (C=O) groups excluding carboxylic acids is 1. The van der Waals surface area contributed by atoms with E-state index in [1.807, 2.05) is 10.3 Å². The highest BCUT2D eigenvalue weighted by Gasteiger charge is 2.32. The van der Waals surface area contributed by atoms with E-state index in [-0.39, 0.29) is 16.9 Å². The Morgan fingerprint density at radius 1 is 1.32 bits per heavy atom. The Hall–Kier alpha value is -1.60. The molecular formula is C18H23NO4S2. The number of hydrogen-bond donors (Lipinski definition) is 0. The lowest BCUT2D eigenvalue weighted by molar-refractivity contribution is -0.131. The number of sulfone groups is 1. The van der Waals surface area contributed by atoms with E-state index in [9.17, 15) is 13.2 Å². The van der Waals surface area contributed by atoms with Gasteiger partial charge in [0, 0.05) is 24.4 Å². The van der Waals surface area contributed by atoms with Crippen molar-refractivity contribution in [2.45, 2.75) is 43.6 Å². The third-order valence-electron chi connectivity index (χ3n) is 4.76. The van der Waals surface area contributed by atoms with Gasteiger partial charge >= 0.3 is 0 Å². The fourth-order valence-corrected chi connectivity index (χ4v) is 5.85. The van der Waals surface area contributed by atoms with Gasteiger partial charge in [-0.3, -0.25) is 4.79 Å². The molecule has 5 nitrogen and oxygen atoms in total. The molecule has 136 valence electrons. The number of piperidine rings is 1. The van der Waals surface area contributed by atoms with Crippen LogP contribution < -0.4 is 0 Å². The van der Waals surface area contributed by atoms with Crippen LogP contribution >= 0.6 is 11.3 Å². The Morgan fingerprint density at radius 3 is 2.68 bits per heavy atom. The number of rotatable bonds is 6. The van der Waals surface area contributed by atoms with E-state index in [1.54, 1.807) is 23.5 Å². The minimum absolute atomic E-state index is 0.0593. The molecule has 0 unspecified atom stereocenters. The van der Waals surface area contributed by atoms with E-state index in [4.69, 9.17) is 4.42 Å². The van der Waals surface area contributed by atoms with Gasteiger partial charge < -0.3 is 9.32 Å². The second kappa shape index (κ2) is 7.74. The number of aryl methyl sites for hydroxylation is 2. The summed E-state index contributed by atoms with van der Waals surface area (Å²) in [4.78, 5) is 15.4. The number of thiophene rings is 1. The summed E-state index contributed by atoms with van der Waals surface area (Å²) in [5, 5.41) is 1.66. The molecule has 0 atom stereocenters. The second-order valence-electron chi connectivity index (χ2n) is 6.49. The van der Waals surface area contributed by atoms with E-state index >= 15 is 0 Å². The van der Waals surface area contributed by atoms with Crippen molar-refractivity contribution in [2.24, 2.45) is 0 Å². The molecule has 1 aliphatic rings. The summed E-state index contributed by atoms with van der Waals surface area (Å²) in [5.74, 6) is 0.538. The highest BCUT2D eigenvalue weighted by Crippen LogP contribution is 2.23. The Bertz CT molecular complexity index is 800. The summed E-state index contributed by atoms with van der Waals surface area (Å²) >= 11 is 1.68. The molecule has 1 amide bonds. The van der Waals surface area contributed by atoms with E-state index in [1.165, 1.54) is 16.7 Å². The van der Waals surface area contributed by atoms with Crippen molar-refractivity contribution in [1.29, 1.82) is 0 Å². The summed E-state index contributed by atoms with van der Waals surface area (Å²) in [6.45, 7) is 3.10. The molecule has 0 N–H and O–H groups in total. The fourth-order valence-electron chi connectivity index (χ4n) is 3.21. The smallest absolute Gasteiger partial charge is 0.222 e. The minimum Gasteiger partial charge on any atom is -0.468 e. The number of nitrogens with zero attached hydrogens (tertiary/aromatic N) is 1. The van der Waals surface area contributed by atoms with E-state index in [0.717, 1.165) is 6.42 Å². The van der Waals surface area contributed by atoms with Crippen molar-refractivity contribution in [3.8, 4) is 0 Å². The van der Waals surface area contributed by atoms with Crippen LogP contribution in [0.5, 0.6) is 0 Å². The summed E-state index contributed by atoms with van der Waals surface area (Å²) < 4.78 is 30.1. The van der Waals surface area contributed by atoms with Gasteiger partial charge in [-0.2, -0.15) is 0 Å². The van der Waals surface area contributed by atoms with Crippen LogP contribution in [0.2, 0.25) is 0 Å². The standard InChI is InChI=1S/C18H23NO4S2/c1-14-8-12-24-17(14)4-5-18(20)19-9-6-16(7-10-19)25(21,22)13-15-3-2-11-23-15/h2-3,8,11-12,16H,4-7,9-10,13H2,1H3. The third-order valence-corrected chi connectivity index (χ3v) is 8.02. The Morgan fingerprint density at radius 2 is 2.08 bits per heavy atom. The topological polar surface area (TPSA) is 67.6 Å². The van der Waals surface area contributed by atoms with Gasteiger partial charge in [0.25, 0.3) is 0 Å². The maximum absolute atomic E-state index is 12.5. The molecule has 3 heterocycles. The average molecular weight is 382 g/mol. The highest BCUT2D eigenvalue weighted by atomic mass is 32.2. The van der Waals surface area contributed by atoms with E-state index in [2.05, 4.69) is 13.0 Å². The van der Waals surface area contributed by atoms with Gasteiger partial charge in [0.15, 0.2) is 9.84 Å². The van der Waals surface area contributed by atoms with Gasteiger partial charge in [-0.05, 0) is 55.3 Å². The number of hydrogen-bond acceptors (Lipinski definition) is 5. The molecule has 3 rings (SSSR count). The zero-order valence-electron chi connectivity index (χ0n) is 14.3. The first-order valence-corrected chi connectivity index (χ1v) is 11.1. The molecule has 2 aromatic heterocycles. The molecule has 0 aliphatic carbocycles. The molecule has 7 heteroatoms. The first kappa shape index (κ1) is 18.2. The first-order valence-electron chi connectivity index (χ1n) is 8.50. The summed E-state index contributed by atoms with van der Waals surface area (Å²) in [5.41, 5.74) is 1.24. The molecule has 25 heavy (non-hydrogen) atoms. The first-order chi connectivity index (χ1) is 12.0. The van der Waals surface area contributed by atoms with Gasteiger partial charge in [0.05, 0.1) is 11.5 Å². The number of carbonyl (C=O) groups is 1. The van der Waals surface area contributed by atoms with Crippen molar-refractivity contribution in [1.82, 2.24) is 4.90 Å². The lowest BCUT2D eigenvalue weighted by Crippen LogP contribution is -2.42. The van der Waals surface area contributed by atoms with Crippen molar-refractivity contribution >= 4 is 27.1 Å². The zero-order chi connectivity index (χ0) is 17.9. The third kappa shape index (κ3) is 4.52. The van der Waals surface area contributed by atoms with Crippen LogP contribution in [0.4, 0.5) is 0 Å². The average Bonchev–Trinajstić information content (AvgIpc) is 3.24. The van der Waals surface area contributed by atoms with Crippen LogP contribution in [-0.4, -0.2) is 37.6 Å². The van der Waals surface area contributed by atoms with Crippen LogP contribution in [0.3, 0.4) is 0 Å². The number of likely N-dealkylation sites (tertiary alicyclic amines) is 1. The maximum Gasteiger partial charge on any atom is 0.222 e.